The second kappa shape index (κ2) is 8.12. The second-order valence-electron chi connectivity index (χ2n) is 6.85. The van der Waals surface area contributed by atoms with Crippen LogP contribution in [0.2, 0.25) is 0 Å². The molecule has 0 radical (unpaired) electrons. The van der Waals surface area contributed by atoms with Crippen molar-refractivity contribution >= 4 is 45.8 Å². The van der Waals surface area contributed by atoms with E-state index in [4.69, 9.17) is 23.2 Å². The fourth-order valence-electron chi connectivity index (χ4n) is 3.91. The fraction of sp³-hybridized carbons (Fsp3) is 0.500. The lowest BCUT2D eigenvalue weighted by Gasteiger charge is -2.31. The van der Waals surface area contributed by atoms with E-state index in [2.05, 4.69) is 15.0 Å². The first-order valence-electron chi connectivity index (χ1n) is 8.78. The monoisotopic (exact) mass is 453 g/mol. The SMILES string of the molecule is COC(=O)c1c(C(F)(F)F)[nH]c2c(O)cc3c(c12)C(C(CCl)N(C)CCCl)CN3. The van der Waals surface area contributed by atoms with Gasteiger partial charge in [0.1, 0.15) is 11.4 Å². The first-order valence-corrected chi connectivity index (χ1v) is 9.85. The minimum atomic E-state index is -4.84. The molecule has 1 aromatic carbocycles. The van der Waals surface area contributed by atoms with Gasteiger partial charge < -0.3 is 25.0 Å². The number of methoxy groups -OCH3 is 1. The Hall–Kier alpha value is -1.84. The Morgan fingerprint density at radius 1 is 1.45 bits per heavy atom. The Morgan fingerprint density at radius 2 is 2.14 bits per heavy atom. The zero-order valence-corrected chi connectivity index (χ0v) is 17.2. The molecule has 3 rings (SSSR count). The molecule has 1 aromatic heterocycles. The van der Waals surface area contributed by atoms with Crippen LogP contribution in [0.25, 0.3) is 10.9 Å². The van der Waals surface area contributed by atoms with E-state index in [0.717, 1.165) is 7.11 Å². The number of nitrogens with one attached hydrogen (secondary N) is 2. The van der Waals surface area contributed by atoms with Gasteiger partial charge in [-0.3, -0.25) is 0 Å². The van der Waals surface area contributed by atoms with Crippen molar-refractivity contribution in [2.45, 2.75) is 18.1 Å². The zero-order chi connectivity index (χ0) is 21.5. The highest BCUT2D eigenvalue weighted by Crippen LogP contribution is 2.48. The number of aromatic amines is 1. The van der Waals surface area contributed by atoms with Gasteiger partial charge in [-0.1, -0.05) is 0 Å². The minimum absolute atomic E-state index is 0.0106. The van der Waals surface area contributed by atoms with Crippen molar-refractivity contribution < 1.29 is 27.8 Å². The summed E-state index contributed by atoms with van der Waals surface area (Å²) in [5.41, 5.74) is -1.14. The van der Waals surface area contributed by atoms with Crippen LogP contribution in [0.4, 0.5) is 18.9 Å². The third kappa shape index (κ3) is 3.71. The van der Waals surface area contributed by atoms with Crippen molar-refractivity contribution in [2.24, 2.45) is 0 Å². The van der Waals surface area contributed by atoms with E-state index in [1.807, 2.05) is 11.9 Å². The zero-order valence-electron chi connectivity index (χ0n) is 15.7. The molecule has 0 amide bonds. The van der Waals surface area contributed by atoms with Crippen LogP contribution < -0.4 is 5.32 Å². The number of rotatable bonds is 6. The number of H-pyrrole nitrogens is 1. The number of phenols is 1. The third-order valence-corrected chi connectivity index (χ3v) is 5.76. The van der Waals surface area contributed by atoms with Crippen molar-refractivity contribution in [3.8, 4) is 5.75 Å². The highest BCUT2D eigenvalue weighted by Gasteiger charge is 2.43. The summed E-state index contributed by atoms with van der Waals surface area (Å²) in [6.45, 7) is 0.905. The summed E-state index contributed by atoms with van der Waals surface area (Å²) < 4.78 is 45.5. The largest absolute Gasteiger partial charge is 0.506 e. The van der Waals surface area contributed by atoms with Crippen LogP contribution in [0.1, 0.15) is 27.5 Å². The van der Waals surface area contributed by atoms with Crippen LogP contribution >= 0.6 is 23.2 Å². The van der Waals surface area contributed by atoms with E-state index >= 15 is 0 Å². The number of nitrogens with zero attached hydrogens (tertiary/aromatic N) is 1. The van der Waals surface area contributed by atoms with Crippen LogP contribution in [0.5, 0.6) is 5.75 Å². The number of ether oxygens (including phenoxy) is 1. The summed E-state index contributed by atoms with van der Waals surface area (Å²) >= 11 is 12.0. The lowest BCUT2D eigenvalue weighted by Crippen LogP contribution is -2.40. The first-order chi connectivity index (χ1) is 13.6. The maximum Gasteiger partial charge on any atom is 0.432 e. The molecular formula is C18H20Cl2F3N3O3. The predicted molar refractivity (Wildman–Crippen MR) is 105 cm³/mol. The average molecular weight is 454 g/mol. The number of alkyl halides is 5. The normalized spacial score (nSPS) is 17.4. The second-order valence-corrected chi connectivity index (χ2v) is 7.54. The number of fused-ring (bicyclic) bond motifs is 3. The van der Waals surface area contributed by atoms with Gasteiger partial charge in [-0.05, 0) is 12.6 Å². The molecule has 2 aromatic rings. The van der Waals surface area contributed by atoms with E-state index in [9.17, 15) is 23.1 Å². The number of carbonyl (C=O) groups is 1. The molecule has 29 heavy (non-hydrogen) atoms. The molecule has 0 spiro atoms. The molecule has 2 unspecified atom stereocenters. The number of aromatic nitrogens is 1. The summed E-state index contributed by atoms with van der Waals surface area (Å²) in [7, 11) is 2.83. The van der Waals surface area contributed by atoms with Gasteiger partial charge in [-0.25, -0.2) is 4.79 Å². The number of likely N-dealkylation sites (N-methyl/N-ethyl adjacent to an activating group) is 1. The predicted octanol–water partition coefficient (Wildman–Crippen LogP) is 3.97. The molecule has 2 heterocycles. The number of aromatic hydroxyl groups is 1. The Balaban J connectivity index is 2.32. The molecular weight excluding hydrogens is 434 g/mol. The van der Waals surface area contributed by atoms with E-state index < -0.39 is 29.2 Å². The van der Waals surface area contributed by atoms with E-state index in [0.29, 0.717) is 30.2 Å². The molecule has 0 saturated carbocycles. The molecule has 0 saturated heterocycles. The number of hydrogen-bond donors (Lipinski definition) is 3. The van der Waals surface area contributed by atoms with Crippen LogP contribution in [-0.4, -0.2) is 66.0 Å². The molecule has 6 nitrogen and oxygen atoms in total. The minimum Gasteiger partial charge on any atom is -0.506 e. The van der Waals surface area contributed by atoms with Gasteiger partial charge in [-0.15, -0.1) is 23.2 Å². The van der Waals surface area contributed by atoms with Crippen molar-refractivity contribution in [1.82, 2.24) is 9.88 Å². The highest BCUT2D eigenvalue weighted by atomic mass is 35.5. The van der Waals surface area contributed by atoms with E-state index in [1.54, 1.807) is 0 Å². The summed E-state index contributed by atoms with van der Waals surface area (Å²) in [5, 5.41) is 13.4. The maximum absolute atomic E-state index is 13.6. The van der Waals surface area contributed by atoms with E-state index in [1.165, 1.54) is 6.07 Å². The number of phenolic OH excluding ortho intramolecular Hbond substituents is 1. The molecule has 2 atom stereocenters. The van der Waals surface area contributed by atoms with Crippen molar-refractivity contribution in [3.63, 3.8) is 0 Å². The topological polar surface area (TPSA) is 77.6 Å². The Morgan fingerprint density at radius 3 is 2.69 bits per heavy atom. The van der Waals surface area contributed by atoms with Crippen LogP contribution in [-0.2, 0) is 10.9 Å². The van der Waals surface area contributed by atoms with Gasteiger partial charge in [0.15, 0.2) is 0 Å². The van der Waals surface area contributed by atoms with Gasteiger partial charge in [0, 0.05) is 53.9 Å². The molecule has 1 aliphatic heterocycles. The van der Waals surface area contributed by atoms with Crippen molar-refractivity contribution in [1.29, 1.82) is 0 Å². The average Bonchev–Trinajstić information content (AvgIpc) is 3.24. The molecule has 0 fully saturated rings. The lowest BCUT2D eigenvalue weighted by atomic mass is 9.89. The van der Waals surface area contributed by atoms with Gasteiger partial charge in [0.2, 0.25) is 0 Å². The van der Waals surface area contributed by atoms with Crippen LogP contribution in [0.3, 0.4) is 0 Å². The molecule has 3 N–H and O–H groups in total. The number of hydrogen-bond acceptors (Lipinski definition) is 5. The Labute approximate surface area is 174 Å². The van der Waals surface area contributed by atoms with Gasteiger partial charge in [0.05, 0.1) is 18.2 Å². The van der Waals surface area contributed by atoms with Gasteiger partial charge in [0.25, 0.3) is 0 Å². The molecule has 1 aliphatic rings. The lowest BCUT2D eigenvalue weighted by molar-refractivity contribution is -0.141. The number of carbonyl (C=O) groups excluding carboxylic acids is 1. The molecule has 0 aliphatic carbocycles. The Kier molecular flexibility index (Phi) is 6.12. The molecule has 0 bridgehead atoms. The van der Waals surface area contributed by atoms with Crippen molar-refractivity contribution in [3.05, 3.63) is 22.9 Å². The van der Waals surface area contributed by atoms with Crippen LogP contribution in [0, 0.1) is 0 Å². The van der Waals surface area contributed by atoms with Gasteiger partial charge >= 0.3 is 12.1 Å². The number of halogens is 5. The maximum atomic E-state index is 13.6. The fourth-order valence-corrected chi connectivity index (χ4v) is 4.63. The number of esters is 1. The number of anilines is 1. The van der Waals surface area contributed by atoms with Crippen LogP contribution in [0.15, 0.2) is 6.07 Å². The van der Waals surface area contributed by atoms with Gasteiger partial charge in [-0.2, -0.15) is 13.2 Å². The summed E-state index contributed by atoms with van der Waals surface area (Å²) in [6.07, 6.45) is -4.84. The third-order valence-electron chi connectivity index (χ3n) is 5.28. The standard InChI is InChI=1S/C18H20Cl2F3N3O3/c1-26(4-3-19)10(6-20)8-7-24-9-5-11(27)15-13(12(8)9)14(17(28)29-2)16(25-15)18(21,22)23/h5,8,10,24-25,27H,3-4,6-7H2,1-2H3. The molecule has 11 heteroatoms. The summed E-state index contributed by atoms with van der Waals surface area (Å²) in [6, 6.07) is 1.09. The Bertz CT molecular complexity index is 933. The smallest absolute Gasteiger partial charge is 0.432 e. The van der Waals surface area contributed by atoms with Crippen molar-refractivity contribution in [2.75, 3.05) is 44.3 Å². The highest BCUT2D eigenvalue weighted by molar-refractivity contribution is 6.18. The first kappa shape index (κ1) is 21.9. The molecule has 160 valence electrons. The number of benzene rings is 1. The summed E-state index contributed by atoms with van der Waals surface area (Å²) in [5.74, 6) is -1.31. The summed E-state index contributed by atoms with van der Waals surface area (Å²) in [4.78, 5) is 16.5. The van der Waals surface area contributed by atoms with E-state index in [-0.39, 0.29) is 28.7 Å². The quantitative estimate of drug-likeness (QED) is 0.455.